The average molecular weight is 469 g/mol. The number of carbonyl (C=O) groups is 1. The van der Waals surface area contributed by atoms with Crippen LogP contribution in [0.5, 0.6) is 0 Å². The van der Waals surface area contributed by atoms with Crippen molar-refractivity contribution in [2.75, 3.05) is 0 Å². The highest BCUT2D eigenvalue weighted by Gasteiger charge is 2.21. The molecule has 0 saturated heterocycles. The molecule has 1 aromatic heterocycles. The van der Waals surface area contributed by atoms with E-state index in [9.17, 15) is 19.5 Å². The Kier molecular flexibility index (Phi) is 7.01. The van der Waals surface area contributed by atoms with Crippen LogP contribution in [-0.2, 0) is 0 Å². The van der Waals surface area contributed by atoms with Crippen molar-refractivity contribution in [3.8, 4) is 11.1 Å². The largest absolute Gasteiger partial charge is 0.478 e. The van der Waals surface area contributed by atoms with Crippen molar-refractivity contribution in [1.82, 2.24) is 4.98 Å². The lowest BCUT2D eigenvalue weighted by molar-refractivity contribution is 0.0692. The third-order valence-corrected chi connectivity index (χ3v) is 6.16. The van der Waals surface area contributed by atoms with E-state index in [-0.39, 0.29) is 11.5 Å². The first-order chi connectivity index (χ1) is 16.9. The number of pyridine rings is 1. The average Bonchev–Trinajstić information content (AvgIpc) is 2.86. The molecule has 1 unspecified atom stereocenters. The Labute approximate surface area is 203 Å². The summed E-state index contributed by atoms with van der Waals surface area (Å²) in [6.45, 7) is 3.94. The number of nitrogens with zero attached hydrogens (tertiary/aromatic N) is 2. The number of carboxylic acids is 1. The Morgan fingerprint density at radius 3 is 2.34 bits per heavy atom. The topological polar surface area (TPSA) is 82.8 Å². The van der Waals surface area contributed by atoms with Gasteiger partial charge in [0.2, 0.25) is 0 Å². The van der Waals surface area contributed by atoms with Gasteiger partial charge in [-0.15, -0.1) is 0 Å². The van der Waals surface area contributed by atoms with Gasteiger partial charge in [-0.05, 0) is 65.9 Å². The van der Waals surface area contributed by atoms with Crippen LogP contribution in [0.4, 0.5) is 4.39 Å². The van der Waals surface area contributed by atoms with E-state index in [2.05, 4.69) is 29.2 Å². The summed E-state index contributed by atoms with van der Waals surface area (Å²) in [6.07, 6.45) is 2.16. The Balaban J connectivity index is 1.73. The first kappa shape index (κ1) is 23.8. The fourth-order valence-electron chi connectivity index (χ4n) is 4.30. The number of carboxylic acid groups (broad SMARTS) is 1. The van der Waals surface area contributed by atoms with Crippen molar-refractivity contribution in [2.24, 2.45) is 5.16 Å². The van der Waals surface area contributed by atoms with E-state index in [4.69, 9.17) is 0 Å². The van der Waals surface area contributed by atoms with Gasteiger partial charge in [0, 0.05) is 29.8 Å². The van der Waals surface area contributed by atoms with Gasteiger partial charge in [0.25, 0.3) is 0 Å². The van der Waals surface area contributed by atoms with E-state index >= 15 is 0 Å². The fourth-order valence-corrected chi connectivity index (χ4v) is 4.30. The summed E-state index contributed by atoms with van der Waals surface area (Å²) < 4.78 is 13.8. The smallest absolute Gasteiger partial charge is 0.338 e. The van der Waals surface area contributed by atoms with Crippen molar-refractivity contribution in [2.45, 2.75) is 26.2 Å². The number of benzene rings is 3. The lowest BCUT2D eigenvalue weighted by atomic mass is 9.83. The maximum absolute atomic E-state index is 13.8. The van der Waals surface area contributed by atoms with Gasteiger partial charge in [0.05, 0.1) is 11.3 Å². The molecule has 0 fully saturated rings. The van der Waals surface area contributed by atoms with Crippen molar-refractivity contribution in [1.29, 1.82) is 0 Å². The predicted molar refractivity (Wildman–Crippen MR) is 134 cm³/mol. The summed E-state index contributed by atoms with van der Waals surface area (Å²) in [4.78, 5) is 15.6. The van der Waals surface area contributed by atoms with Gasteiger partial charge < -0.3 is 10.3 Å². The van der Waals surface area contributed by atoms with Crippen LogP contribution in [0, 0.1) is 19.7 Å². The number of aromatic carboxylic acids is 1. The third kappa shape index (κ3) is 5.27. The van der Waals surface area contributed by atoms with Gasteiger partial charge in [0.15, 0.2) is 0 Å². The quantitative estimate of drug-likeness (QED) is 0.182. The summed E-state index contributed by atoms with van der Waals surface area (Å²) in [7, 11) is 0. The van der Waals surface area contributed by atoms with E-state index in [1.807, 2.05) is 55.5 Å². The Morgan fingerprint density at radius 1 is 0.971 bits per heavy atom. The molecule has 1 heterocycles. The number of aromatic nitrogens is 1. The minimum Gasteiger partial charge on any atom is -0.478 e. The fraction of sp³-hybridized carbons (Fsp3) is 0.138. The molecule has 0 aliphatic carbocycles. The minimum absolute atomic E-state index is 0.0904. The predicted octanol–water partition coefficient (Wildman–Crippen LogP) is 6.60. The van der Waals surface area contributed by atoms with Crippen molar-refractivity contribution in [3.05, 3.63) is 124 Å². The molecule has 4 rings (SSSR count). The Morgan fingerprint density at radius 2 is 1.69 bits per heavy atom. The van der Waals surface area contributed by atoms with Gasteiger partial charge in [-0.1, -0.05) is 59.8 Å². The normalized spacial score (nSPS) is 12.4. The summed E-state index contributed by atoms with van der Waals surface area (Å²) in [5, 5.41) is 22.7. The second kappa shape index (κ2) is 10.3. The van der Waals surface area contributed by atoms with Crippen LogP contribution < -0.4 is 0 Å². The van der Waals surface area contributed by atoms with Gasteiger partial charge in [0.1, 0.15) is 5.82 Å². The van der Waals surface area contributed by atoms with Crippen LogP contribution in [0.3, 0.4) is 0 Å². The Bertz CT molecular complexity index is 1400. The summed E-state index contributed by atoms with van der Waals surface area (Å²) >= 11 is 0. The second-order valence-corrected chi connectivity index (χ2v) is 8.47. The number of hydrogen-bond donors (Lipinski definition) is 2. The lowest BCUT2D eigenvalue weighted by Gasteiger charge is -2.21. The molecule has 5 nitrogen and oxygen atoms in total. The molecule has 6 heteroatoms. The van der Waals surface area contributed by atoms with Crippen molar-refractivity contribution >= 4 is 11.7 Å². The molecule has 0 aliphatic rings. The number of rotatable bonds is 7. The van der Waals surface area contributed by atoms with Crippen molar-refractivity contribution in [3.63, 3.8) is 0 Å². The van der Waals surface area contributed by atoms with E-state index in [0.717, 1.165) is 33.5 Å². The first-order valence-electron chi connectivity index (χ1n) is 11.2. The van der Waals surface area contributed by atoms with Gasteiger partial charge in [-0.25, -0.2) is 9.18 Å². The number of halogens is 1. The zero-order valence-corrected chi connectivity index (χ0v) is 19.4. The lowest BCUT2D eigenvalue weighted by Crippen LogP contribution is -2.12. The zero-order valence-electron chi connectivity index (χ0n) is 19.4. The number of hydrogen-bond acceptors (Lipinski definition) is 4. The van der Waals surface area contributed by atoms with Crippen LogP contribution in [0.25, 0.3) is 11.1 Å². The zero-order chi connectivity index (χ0) is 24.9. The molecule has 176 valence electrons. The highest BCUT2D eigenvalue weighted by Crippen LogP contribution is 2.33. The highest BCUT2D eigenvalue weighted by atomic mass is 19.1. The minimum atomic E-state index is -1.30. The van der Waals surface area contributed by atoms with Crippen LogP contribution in [0.2, 0.25) is 0 Å². The highest BCUT2D eigenvalue weighted by molar-refractivity contribution is 6.01. The van der Waals surface area contributed by atoms with Crippen LogP contribution in [-0.4, -0.2) is 27.0 Å². The summed E-state index contributed by atoms with van der Waals surface area (Å²) in [5.74, 6) is -2.16. The van der Waals surface area contributed by atoms with Gasteiger partial charge in [-0.2, -0.15) is 0 Å². The molecule has 2 N–H and O–H groups in total. The second-order valence-electron chi connectivity index (χ2n) is 8.47. The molecular formula is C29H25FN2O3. The van der Waals surface area contributed by atoms with E-state index in [0.29, 0.717) is 17.7 Å². The SMILES string of the molecule is Cc1cc(C(CC(c2ccc(-c3ccc(F)c(C(=O)O)c3)cc2)c2ccccc2C)=NO)ccn1. The number of oxime groups is 1. The molecule has 3 aromatic carbocycles. The molecule has 0 radical (unpaired) electrons. The first-order valence-corrected chi connectivity index (χ1v) is 11.2. The number of aryl methyl sites for hydroxylation is 2. The molecule has 0 aliphatic heterocycles. The van der Waals surface area contributed by atoms with Crippen LogP contribution in [0.1, 0.15) is 50.6 Å². The van der Waals surface area contributed by atoms with E-state index in [1.165, 1.54) is 12.1 Å². The van der Waals surface area contributed by atoms with Gasteiger partial charge in [-0.3, -0.25) is 4.98 Å². The molecule has 35 heavy (non-hydrogen) atoms. The summed E-state index contributed by atoms with van der Waals surface area (Å²) in [5.41, 5.74) is 6.47. The molecule has 0 spiro atoms. The third-order valence-electron chi connectivity index (χ3n) is 6.16. The standard InChI is InChI=1S/C29H25FN2O3/c1-18-5-3-4-6-24(18)25(17-28(32-35)23-13-14-31-19(2)15-23)21-9-7-20(8-10-21)22-11-12-27(30)26(16-22)29(33)34/h3-16,25,35H,17H2,1-2H3,(H,33,34). The van der Waals surface area contributed by atoms with Crippen LogP contribution >= 0.6 is 0 Å². The van der Waals surface area contributed by atoms with Crippen LogP contribution in [0.15, 0.2) is 90.2 Å². The maximum Gasteiger partial charge on any atom is 0.338 e. The van der Waals surface area contributed by atoms with Crippen molar-refractivity contribution < 1.29 is 19.5 Å². The molecule has 0 bridgehead atoms. The maximum atomic E-state index is 13.8. The van der Waals surface area contributed by atoms with Gasteiger partial charge >= 0.3 is 5.97 Å². The molecule has 0 amide bonds. The van der Waals surface area contributed by atoms with E-state index in [1.54, 1.807) is 12.3 Å². The molecule has 0 saturated carbocycles. The molecular weight excluding hydrogens is 443 g/mol. The Hall–Kier alpha value is -4.32. The molecule has 1 atom stereocenters. The summed E-state index contributed by atoms with van der Waals surface area (Å²) in [6, 6.07) is 23.6. The molecule has 4 aromatic rings. The monoisotopic (exact) mass is 468 g/mol. The van der Waals surface area contributed by atoms with E-state index < -0.39 is 11.8 Å².